The number of nitrogens with one attached hydrogen (secondary N) is 2. The van der Waals surface area contributed by atoms with Crippen molar-refractivity contribution in [2.75, 3.05) is 13.6 Å². The predicted molar refractivity (Wildman–Crippen MR) is 71.9 cm³/mol. The Morgan fingerprint density at radius 3 is 2.53 bits per heavy atom. The van der Waals surface area contributed by atoms with Crippen LogP contribution in [0.5, 0.6) is 0 Å². The number of carbonyl (C=O) groups is 1. The molecule has 0 radical (unpaired) electrons. The third-order valence-electron chi connectivity index (χ3n) is 4.08. The van der Waals surface area contributed by atoms with Gasteiger partial charge < -0.3 is 10.6 Å². The molecular formula is C14H28N2O. The Labute approximate surface area is 106 Å². The van der Waals surface area contributed by atoms with E-state index in [0.717, 1.165) is 12.5 Å². The van der Waals surface area contributed by atoms with E-state index in [1.165, 1.54) is 32.1 Å². The van der Waals surface area contributed by atoms with E-state index in [0.29, 0.717) is 6.04 Å². The van der Waals surface area contributed by atoms with Gasteiger partial charge in [-0.1, -0.05) is 26.2 Å². The zero-order chi connectivity index (χ0) is 12.9. The highest BCUT2D eigenvalue weighted by Gasteiger charge is 2.29. The summed E-state index contributed by atoms with van der Waals surface area (Å²) in [6.45, 7) is 7.05. The Bertz CT molecular complexity index is 251. The second-order valence-electron chi connectivity index (χ2n) is 5.90. The zero-order valence-electron chi connectivity index (χ0n) is 11.8. The quantitative estimate of drug-likeness (QED) is 0.774. The first kappa shape index (κ1) is 14.5. The Kier molecular flexibility index (Phi) is 5.44. The van der Waals surface area contributed by atoms with Gasteiger partial charge in [-0.2, -0.15) is 0 Å². The molecule has 1 aliphatic carbocycles. The maximum absolute atomic E-state index is 11.7. The van der Waals surface area contributed by atoms with Crippen LogP contribution < -0.4 is 10.6 Å². The molecule has 2 unspecified atom stereocenters. The van der Waals surface area contributed by atoms with Gasteiger partial charge in [-0.25, -0.2) is 0 Å². The molecule has 2 atom stereocenters. The topological polar surface area (TPSA) is 41.1 Å². The normalized spacial score (nSPS) is 25.6. The first-order valence-corrected chi connectivity index (χ1v) is 6.97. The summed E-state index contributed by atoms with van der Waals surface area (Å²) in [6.07, 6.45) is 6.55. The van der Waals surface area contributed by atoms with Crippen molar-refractivity contribution in [3.05, 3.63) is 0 Å². The van der Waals surface area contributed by atoms with Crippen molar-refractivity contribution in [3.63, 3.8) is 0 Å². The number of hydrogen-bond donors (Lipinski definition) is 2. The van der Waals surface area contributed by atoms with Crippen LogP contribution in [0, 0.1) is 11.3 Å². The predicted octanol–water partition coefficient (Wildman–Crippen LogP) is 2.32. The summed E-state index contributed by atoms with van der Waals surface area (Å²) >= 11 is 0. The van der Waals surface area contributed by atoms with Gasteiger partial charge in [0.25, 0.3) is 0 Å². The molecule has 1 rings (SSSR count). The summed E-state index contributed by atoms with van der Waals surface area (Å²) in [6, 6.07) is 0.609. The van der Waals surface area contributed by atoms with E-state index in [4.69, 9.17) is 0 Å². The van der Waals surface area contributed by atoms with Crippen LogP contribution in [0.1, 0.15) is 52.9 Å². The highest BCUT2D eigenvalue weighted by Crippen LogP contribution is 2.27. The Morgan fingerprint density at radius 1 is 1.29 bits per heavy atom. The molecule has 3 nitrogen and oxygen atoms in total. The molecule has 1 amide bonds. The van der Waals surface area contributed by atoms with Gasteiger partial charge in [-0.15, -0.1) is 0 Å². The second kappa shape index (κ2) is 6.39. The lowest BCUT2D eigenvalue weighted by atomic mass is 9.82. The van der Waals surface area contributed by atoms with Crippen molar-refractivity contribution < 1.29 is 4.79 Å². The summed E-state index contributed by atoms with van der Waals surface area (Å²) in [7, 11) is 1.71. The van der Waals surface area contributed by atoms with E-state index in [-0.39, 0.29) is 11.3 Å². The minimum absolute atomic E-state index is 0.119. The molecule has 17 heavy (non-hydrogen) atoms. The molecule has 0 heterocycles. The number of carbonyl (C=O) groups excluding carboxylic acids is 1. The lowest BCUT2D eigenvalue weighted by Gasteiger charge is -2.34. The van der Waals surface area contributed by atoms with Crippen molar-refractivity contribution >= 4 is 5.91 Å². The molecule has 0 aromatic carbocycles. The van der Waals surface area contributed by atoms with Gasteiger partial charge in [0.2, 0.25) is 5.91 Å². The minimum Gasteiger partial charge on any atom is -0.359 e. The standard InChI is InChI=1S/C14H28N2O/c1-5-11-8-6-7-9-12(11)16-10-14(2,3)13(17)15-4/h11-12,16H,5-10H2,1-4H3,(H,15,17). The maximum atomic E-state index is 11.7. The first-order valence-electron chi connectivity index (χ1n) is 6.97. The van der Waals surface area contributed by atoms with E-state index in [1.54, 1.807) is 7.05 Å². The summed E-state index contributed by atoms with van der Waals surface area (Å²) in [4.78, 5) is 11.7. The molecule has 0 aliphatic heterocycles. The molecule has 0 aromatic rings. The van der Waals surface area contributed by atoms with Crippen molar-refractivity contribution in [3.8, 4) is 0 Å². The van der Waals surface area contributed by atoms with E-state index >= 15 is 0 Å². The molecule has 100 valence electrons. The van der Waals surface area contributed by atoms with Crippen LogP contribution in [-0.4, -0.2) is 25.5 Å². The van der Waals surface area contributed by atoms with Crippen molar-refractivity contribution in [2.45, 2.75) is 58.9 Å². The van der Waals surface area contributed by atoms with Crippen molar-refractivity contribution in [1.82, 2.24) is 10.6 Å². The SMILES string of the molecule is CCC1CCCCC1NCC(C)(C)C(=O)NC. The monoisotopic (exact) mass is 240 g/mol. The fourth-order valence-electron chi connectivity index (χ4n) is 2.77. The molecule has 1 saturated carbocycles. The van der Waals surface area contributed by atoms with Crippen LogP contribution in [0.25, 0.3) is 0 Å². The summed E-state index contributed by atoms with van der Waals surface area (Å²) in [5.41, 5.74) is -0.315. The van der Waals surface area contributed by atoms with Crippen LogP contribution in [-0.2, 0) is 4.79 Å². The Hall–Kier alpha value is -0.570. The molecule has 1 aliphatic rings. The number of rotatable bonds is 5. The summed E-state index contributed by atoms with van der Waals surface area (Å²) < 4.78 is 0. The summed E-state index contributed by atoms with van der Waals surface area (Å²) in [5.74, 6) is 0.915. The fourth-order valence-corrected chi connectivity index (χ4v) is 2.77. The van der Waals surface area contributed by atoms with Gasteiger partial charge in [0.05, 0.1) is 5.41 Å². The van der Waals surface area contributed by atoms with Crippen LogP contribution in [0.4, 0.5) is 0 Å². The highest BCUT2D eigenvalue weighted by atomic mass is 16.2. The average molecular weight is 240 g/mol. The van der Waals surface area contributed by atoms with Crippen LogP contribution in [0.15, 0.2) is 0 Å². The van der Waals surface area contributed by atoms with Gasteiger partial charge in [-0.3, -0.25) is 4.79 Å². The van der Waals surface area contributed by atoms with E-state index in [9.17, 15) is 4.79 Å². The largest absolute Gasteiger partial charge is 0.359 e. The average Bonchev–Trinajstić information content (AvgIpc) is 2.35. The molecule has 0 spiro atoms. The van der Waals surface area contributed by atoms with Crippen LogP contribution in [0.3, 0.4) is 0 Å². The fraction of sp³-hybridized carbons (Fsp3) is 0.929. The molecule has 0 bridgehead atoms. The van der Waals surface area contributed by atoms with Crippen LogP contribution >= 0.6 is 0 Å². The van der Waals surface area contributed by atoms with Gasteiger partial charge in [-0.05, 0) is 32.6 Å². The molecule has 3 heteroatoms. The van der Waals surface area contributed by atoms with Gasteiger partial charge in [0.15, 0.2) is 0 Å². The Balaban J connectivity index is 2.45. The molecule has 0 aromatic heterocycles. The van der Waals surface area contributed by atoms with Crippen LogP contribution in [0.2, 0.25) is 0 Å². The minimum atomic E-state index is -0.315. The number of amides is 1. The first-order chi connectivity index (χ1) is 8.01. The second-order valence-corrected chi connectivity index (χ2v) is 5.90. The number of hydrogen-bond acceptors (Lipinski definition) is 2. The van der Waals surface area contributed by atoms with Gasteiger partial charge >= 0.3 is 0 Å². The van der Waals surface area contributed by atoms with Crippen molar-refractivity contribution in [2.24, 2.45) is 11.3 Å². The van der Waals surface area contributed by atoms with E-state index in [1.807, 2.05) is 13.8 Å². The third-order valence-corrected chi connectivity index (χ3v) is 4.08. The van der Waals surface area contributed by atoms with Crippen molar-refractivity contribution in [1.29, 1.82) is 0 Å². The highest BCUT2D eigenvalue weighted by molar-refractivity contribution is 5.81. The van der Waals surface area contributed by atoms with Gasteiger partial charge in [0.1, 0.15) is 0 Å². The van der Waals surface area contributed by atoms with E-state index < -0.39 is 0 Å². The third kappa shape index (κ3) is 3.98. The Morgan fingerprint density at radius 2 is 1.94 bits per heavy atom. The molecule has 2 N–H and O–H groups in total. The zero-order valence-corrected chi connectivity index (χ0v) is 11.8. The van der Waals surface area contributed by atoms with Gasteiger partial charge in [0, 0.05) is 19.6 Å². The smallest absolute Gasteiger partial charge is 0.226 e. The summed E-state index contributed by atoms with van der Waals surface area (Å²) in [5, 5.41) is 6.36. The molecular weight excluding hydrogens is 212 g/mol. The maximum Gasteiger partial charge on any atom is 0.226 e. The molecule has 0 saturated heterocycles. The van der Waals surface area contributed by atoms with E-state index in [2.05, 4.69) is 17.6 Å². The lowest BCUT2D eigenvalue weighted by Crippen LogP contribution is -2.47. The lowest BCUT2D eigenvalue weighted by molar-refractivity contribution is -0.128. The molecule has 1 fully saturated rings.